The molecule has 0 aliphatic rings. The summed E-state index contributed by atoms with van der Waals surface area (Å²) < 4.78 is 5.12. The number of carbonyl (C=O) groups is 2. The number of ketones is 1. The van der Waals surface area contributed by atoms with Gasteiger partial charge in [0.15, 0.2) is 5.78 Å². The predicted molar refractivity (Wildman–Crippen MR) is 92.1 cm³/mol. The molecule has 2 aromatic rings. The number of rotatable bonds is 8. The summed E-state index contributed by atoms with van der Waals surface area (Å²) in [7, 11) is 3.40. The van der Waals surface area contributed by atoms with Crippen molar-refractivity contribution in [1.82, 2.24) is 9.88 Å². The summed E-state index contributed by atoms with van der Waals surface area (Å²) >= 11 is 0. The summed E-state index contributed by atoms with van der Waals surface area (Å²) in [5.41, 5.74) is 1.69. The van der Waals surface area contributed by atoms with Crippen molar-refractivity contribution in [1.29, 1.82) is 0 Å². The van der Waals surface area contributed by atoms with Gasteiger partial charge in [-0.1, -0.05) is 12.1 Å². The van der Waals surface area contributed by atoms with E-state index in [0.29, 0.717) is 12.1 Å². The number of ether oxygens (including phenoxy) is 1. The number of carbonyl (C=O) groups excluding carboxylic acids is 2. The second kappa shape index (κ2) is 8.82. The maximum Gasteiger partial charge on any atom is 0.222 e. The number of aromatic nitrogens is 1. The highest BCUT2D eigenvalue weighted by molar-refractivity contribution is 5.97. The maximum absolute atomic E-state index is 12.1. The fourth-order valence-electron chi connectivity index (χ4n) is 2.30. The van der Waals surface area contributed by atoms with Crippen molar-refractivity contribution in [3.8, 4) is 5.75 Å². The molecule has 5 nitrogen and oxygen atoms in total. The van der Waals surface area contributed by atoms with E-state index in [1.165, 1.54) is 6.20 Å². The first kappa shape index (κ1) is 17.7. The van der Waals surface area contributed by atoms with Crippen LogP contribution in [0.3, 0.4) is 0 Å². The minimum atomic E-state index is -0.0556. The Balaban J connectivity index is 1.76. The van der Waals surface area contributed by atoms with E-state index in [9.17, 15) is 9.59 Å². The molecule has 1 aromatic heterocycles. The minimum absolute atomic E-state index is 0.0271. The van der Waals surface area contributed by atoms with Gasteiger partial charge in [-0.2, -0.15) is 0 Å². The van der Waals surface area contributed by atoms with Gasteiger partial charge in [0.1, 0.15) is 5.75 Å². The topological polar surface area (TPSA) is 59.5 Å². The van der Waals surface area contributed by atoms with Gasteiger partial charge in [0.25, 0.3) is 0 Å². The van der Waals surface area contributed by atoms with Crippen LogP contribution in [0.4, 0.5) is 0 Å². The molecule has 1 aromatic carbocycles. The van der Waals surface area contributed by atoms with Gasteiger partial charge in [0.05, 0.1) is 7.11 Å². The number of Topliss-reactive ketones (excluding diaryl/α,β-unsaturated/α-hetero) is 1. The van der Waals surface area contributed by atoms with Crippen molar-refractivity contribution in [3.63, 3.8) is 0 Å². The van der Waals surface area contributed by atoms with Crippen LogP contribution in [-0.2, 0) is 11.2 Å². The van der Waals surface area contributed by atoms with Crippen molar-refractivity contribution in [2.24, 2.45) is 0 Å². The first-order valence-corrected chi connectivity index (χ1v) is 7.90. The average Bonchev–Trinajstić information content (AvgIpc) is 2.64. The molecule has 0 N–H and O–H groups in total. The van der Waals surface area contributed by atoms with Crippen LogP contribution in [0.2, 0.25) is 0 Å². The molecule has 126 valence electrons. The van der Waals surface area contributed by atoms with Crippen molar-refractivity contribution < 1.29 is 14.3 Å². The number of pyridine rings is 1. The Kier molecular flexibility index (Phi) is 6.49. The number of benzene rings is 1. The summed E-state index contributed by atoms with van der Waals surface area (Å²) in [5, 5.41) is 0. The molecule has 1 amide bonds. The summed E-state index contributed by atoms with van der Waals surface area (Å²) in [5.74, 6) is 0.734. The van der Waals surface area contributed by atoms with Crippen LogP contribution < -0.4 is 4.74 Å². The lowest BCUT2D eigenvalue weighted by atomic mass is 10.1. The molecule has 1 heterocycles. The second-order valence-electron chi connectivity index (χ2n) is 5.58. The number of nitrogens with zero attached hydrogens (tertiary/aromatic N) is 2. The molecule has 5 heteroatoms. The van der Waals surface area contributed by atoms with E-state index < -0.39 is 0 Å². The number of hydrogen-bond donors (Lipinski definition) is 0. The van der Waals surface area contributed by atoms with E-state index in [-0.39, 0.29) is 24.5 Å². The highest BCUT2D eigenvalue weighted by atomic mass is 16.5. The van der Waals surface area contributed by atoms with Crippen LogP contribution in [-0.4, -0.2) is 42.3 Å². The van der Waals surface area contributed by atoms with Crippen molar-refractivity contribution in [3.05, 3.63) is 59.9 Å². The molecule has 0 atom stereocenters. The van der Waals surface area contributed by atoms with Crippen molar-refractivity contribution >= 4 is 11.7 Å². The fraction of sp³-hybridized carbons (Fsp3) is 0.316. The largest absolute Gasteiger partial charge is 0.497 e. The number of hydrogen-bond acceptors (Lipinski definition) is 4. The Hall–Kier alpha value is -2.69. The van der Waals surface area contributed by atoms with Crippen LogP contribution in [0.1, 0.15) is 28.8 Å². The van der Waals surface area contributed by atoms with E-state index in [0.717, 1.165) is 17.7 Å². The summed E-state index contributed by atoms with van der Waals surface area (Å²) in [6.07, 6.45) is 4.34. The van der Waals surface area contributed by atoms with Crippen LogP contribution >= 0.6 is 0 Å². The van der Waals surface area contributed by atoms with Gasteiger partial charge >= 0.3 is 0 Å². The maximum atomic E-state index is 12.1. The summed E-state index contributed by atoms with van der Waals surface area (Å²) in [6.45, 7) is 0.617. The monoisotopic (exact) mass is 326 g/mol. The fourth-order valence-corrected chi connectivity index (χ4v) is 2.30. The third kappa shape index (κ3) is 5.19. The zero-order chi connectivity index (χ0) is 17.4. The van der Waals surface area contributed by atoms with Gasteiger partial charge in [-0.3, -0.25) is 14.6 Å². The van der Waals surface area contributed by atoms with E-state index in [1.54, 1.807) is 37.4 Å². The molecule has 0 radical (unpaired) electrons. The Morgan fingerprint density at radius 1 is 1.12 bits per heavy atom. The molecular formula is C19H22N2O3. The van der Waals surface area contributed by atoms with Gasteiger partial charge in [-0.05, 0) is 36.2 Å². The standard InChI is InChI=1S/C19H22N2O3/c1-21(13-11-15-5-7-17(24-2)8-6-15)19(23)10-9-18(22)16-4-3-12-20-14-16/h3-8,12,14H,9-11,13H2,1-2H3. The van der Waals surface area contributed by atoms with Crippen molar-refractivity contribution in [2.45, 2.75) is 19.3 Å². The highest BCUT2D eigenvalue weighted by Gasteiger charge is 2.12. The van der Waals surface area contributed by atoms with Gasteiger partial charge in [0, 0.05) is 44.4 Å². The minimum Gasteiger partial charge on any atom is -0.497 e. The first-order chi connectivity index (χ1) is 11.6. The molecule has 0 aliphatic carbocycles. The number of amides is 1. The SMILES string of the molecule is COc1ccc(CCN(C)C(=O)CCC(=O)c2cccnc2)cc1. The number of methoxy groups -OCH3 is 1. The van der Waals surface area contributed by atoms with Gasteiger partial charge in [-0.25, -0.2) is 0 Å². The van der Waals surface area contributed by atoms with E-state index >= 15 is 0 Å². The first-order valence-electron chi connectivity index (χ1n) is 7.90. The second-order valence-corrected chi connectivity index (χ2v) is 5.58. The molecule has 0 saturated heterocycles. The highest BCUT2D eigenvalue weighted by Crippen LogP contribution is 2.12. The Bertz CT molecular complexity index is 669. The van der Waals surface area contributed by atoms with Crippen LogP contribution in [0.25, 0.3) is 0 Å². The molecule has 0 spiro atoms. The summed E-state index contributed by atoms with van der Waals surface area (Å²) in [4.78, 5) is 29.7. The predicted octanol–water partition coefficient (Wildman–Crippen LogP) is 2.75. The zero-order valence-corrected chi connectivity index (χ0v) is 14.1. The van der Waals surface area contributed by atoms with E-state index in [1.807, 2.05) is 24.3 Å². The van der Waals surface area contributed by atoms with Gasteiger partial charge < -0.3 is 9.64 Å². The molecule has 2 rings (SSSR count). The zero-order valence-electron chi connectivity index (χ0n) is 14.1. The lowest BCUT2D eigenvalue weighted by Crippen LogP contribution is -2.29. The molecule has 0 saturated carbocycles. The Morgan fingerprint density at radius 3 is 2.50 bits per heavy atom. The molecular weight excluding hydrogens is 304 g/mol. The molecule has 0 unspecified atom stereocenters. The Labute approximate surface area is 142 Å². The smallest absolute Gasteiger partial charge is 0.222 e. The average molecular weight is 326 g/mol. The lowest BCUT2D eigenvalue weighted by molar-refractivity contribution is -0.129. The van der Waals surface area contributed by atoms with Crippen LogP contribution in [0.5, 0.6) is 5.75 Å². The van der Waals surface area contributed by atoms with Gasteiger partial charge in [-0.15, -0.1) is 0 Å². The van der Waals surface area contributed by atoms with Crippen LogP contribution in [0, 0.1) is 0 Å². The lowest BCUT2D eigenvalue weighted by Gasteiger charge is -2.17. The molecule has 0 aliphatic heterocycles. The quantitative estimate of drug-likeness (QED) is 0.700. The third-order valence-corrected chi connectivity index (χ3v) is 3.87. The summed E-state index contributed by atoms with van der Waals surface area (Å²) in [6, 6.07) is 11.2. The number of likely N-dealkylation sites (N-methyl/N-ethyl adjacent to an activating group) is 1. The van der Waals surface area contributed by atoms with E-state index in [2.05, 4.69) is 4.98 Å². The van der Waals surface area contributed by atoms with Crippen LogP contribution in [0.15, 0.2) is 48.8 Å². The van der Waals surface area contributed by atoms with Crippen molar-refractivity contribution in [2.75, 3.05) is 20.7 Å². The normalized spacial score (nSPS) is 10.2. The Morgan fingerprint density at radius 2 is 1.88 bits per heavy atom. The third-order valence-electron chi connectivity index (χ3n) is 3.87. The molecule has 24 heavy (non-hydrogen) atoms. The molecule has 0 fully saturated rings. The molecule has 0 bridgehead atoms. The van der Waals surface area contributed by atoms with E-state index in [4.69, 9.17) is 4.74 Å². The van der Waals surface area contributed by atoms with Gasteiger partial charge in [0.2, 0.25) is 5.91 Å².